The third-order valence-electron chi connectivity index (χ3n) is 3.45. The van der Waals surface area contributed by atoms with Gasteiger partial charge in [-0.05, 0) is 31.0 Å². The molecule has 0 fully saturated rings. The van der Waals surface area contributed by atoms with Crippen LogP contribution in [-0.4, -0.2) is 4.92 Å². The van der Waals surface area contributed by atoms with Crippen LogP contribution in [0.25, 0.3) is 0 Å². The zero-order valence-electron chi connectivity index (χ0n) is 11.9. The molecule has 0 saturated heterocycles. The summed E-state index contributed by atoms with van der Waals surface area (Å²) in [6, 6.07) is 14.9. The Bertz CT molecular complexity index is 646. The average molecular weight is 349 g/mol. The van der Waals surface area contributed by atoms with Crippen LogP contribution >= 0.6 is 15.9 Å². The highest BCUT2D eigenvalue weighted by Gasteiger charge is 2.15. The maximum absolute atomic E-state index is 10.8. The molecule has 0 aliphatic carbocycles. The third-order valence-corrected chi connectivity index (χ3v) is 4.17. The second-order valence-corrected chi connectivity index (χ2v) is 5.84. The van der Waals surface area contributed by atoms with Crippen molar-refractivity contribution in [1.82, 2.24) is 5.32 Å². The van der Waals surface area contributed by atoms with E-state index in [1.165, 1.54) is 6.07 Å². The van der Waals surface area contributed by atoms with E-state index in [4.69, 9.17) is 0 Å². The van der Waals surface area contributed by atoms with Gasteiger partial charge in [-0.2, -0.15) is 0 Å². The average Bonchev–Trinajstić information content (AvgIpc) is 2.47. The molecule has 0 aromatic heterocycles. The minimum absolute atomic E-state index is 0.0204. The molecule has 5 heteroatoms. The molecular formula is C16H17BrN2O2. The number of hydrogen-bond donors (Lipinski definition) is 1. The Labute approximate surface area is 132 Å². The summed E-state index contributed by atoms with van der Waals surface area (Å²) in [5.74, 6) is 0. The quantitative estimate of drug-likeness (QED) is 0.625. The van der Waals surface area contributed by atoms with E-state index in [9.17, 15) is 10.1 Å². The summed E-state index contributed by atoms with van der Waals surface area (Å²) in [4.78, 5) is 10.5. The third kappa shape index (κ3) is 3.89. The number of halogens is 1. The minimum Gasteiger partial charge on any atom is -0.304 e. The van der Waals surface area contributed by atoms with Crippen molar-refractivity contribution < 1.29 is 4.92 Å². The maximum atomic E-state index is 10.8. The van der Waals surface area contributed by atoms with E-state index in [-0.39, 0.29) is 22.7 Å². The van der Waals surface area contributed by atoms with Crippen LogP contribution in [0.1, 0.15) is 37.1 Å². The normalized spacial score (nSPS) is 13.7. The van der Waals surface area contributed by atoms with Crippen LogP contribution in [0.4, 0.5) is 5.69 Å². The Kier molecular flexibility index (Phi) is 5.09. The van der Waals surface area contributed by atoms with Gasteiger partial charge < -0.3 is 5.32 Å². The van der Waals surface area contributed by atoms with Crippen molar-refractivity contribution >= 4 is 21.6 Å². The van der Waals surface area contributed by atoms with Gasteiger partial charge in [-0.1, -0.05) is 46.3 Å². The highest BCUT2D eigenvalue weighted by Crippen LogP contribution is 2.26. The smallest absolute Gasteiger partial charge is 0.269 e. The molecule has 0 radical (unpaired) electrons. The molecule has 0 aliphatic rings. The van der Waals surface area contributed by atoms with E-state index >= 15 is 0 Å². The summed E-state index contributed by atoms with van der Waals surface area (Å²) in [6.07, 6.45) is 0. The second-order valence-electron chi connectivity index (χ2n) is 4.98. The number of nitrogens with zero attached hydrogens (tertiary/aromatic N) is 1. The fourth-order valence-corrected chi connectivity index (χ4v) is 2.92. The molecule has 4 nitrogen and oxygen atoms in total. The molecule has 2 aromatic rings. The van der Waals surface area contributed by atoms with Crippen molar-refractivity contribution in [2.45, 2.75) is 25.9 Å². The monoisotopic (exact) mass is 348 g/mol. The van der Waals surface area contributed by atoms with Gasteiger partial charge in [0, 0.05) is 28.7 Å². The number of rotatable bonds is 5. The summed E-state index contributed by atoms with van der Waals surface area (Å²) in [6.45, 7) is 4.08. The lowest BCUT2D eigenvalue weighted by atomic mass is 10.0. The van der Waals surface area contributed by atoms with Gasteiger partial charge in [0.25, 0.3) is 5.69 Å². The summed E-state index contributed by atoms with van der Waals surface area (Å²) < 4.78 is 1.05. The van der Waals surface area contributed by atoms with Crippen molar-refractivity contribution in [2.75, 3.05) is 0 Å². The van der Waals surface area contributed by atoms with Crippen molar-refractivity contribution in [1.29, 1.82) is 0 Å². The summed E-state index contributed by atoms with van der Waals surface area (Å²) in [5.41, 5.74) is 2.19. The Morgan fingerprint density at radius 2 is 1.81 bits per heavy atom. The number of benzene rings is 2. The Balaban J connectivity index is 2.14. The molecule has 110 valence electrons. The van der Waals surface area contributed by atoms with Crippen molar-refractivity contribution in [2.24, 2.45) is 0 Å². The van der Waals surface area contributed by atoms with Crippen molar-refractivity contribution in [3.8, 4) is 0 Å². The lowest BCUT2D eigenvalue weighted by Crippen LogP contribution is -2.22. The van der Waals surface area contributed by atoms with Crippen LogP contribution in [0.15, 0.2) is 53.0 Å². The van der Waals surface area contributed by atoms with Gasteiger partial charge in [0.1, 0.15) is 0 Å². The predicted octanol–water partition coefficient (Wildman–Crippen LogP) is 4.77. The van der Waals surface area contributed by atoms with Crippen molar-refractivity contribution in [3.05, 3.63) is 74.2 Å². The molecule has 0 heterocycles. The molecule has 2 aromatic carbocycles. The first-order chi connectivity index (χ1) is 9.99. The van der Waals surface area contributed by atoms with Crippen LogP contribution < -0.4 is 5.32 Å². The van der Waals surface area contributed by atoms with Gasteiger partial charge in [-0.3, -0.25) is 10.1 Å². The number of nitrogens with one attached hydrogen (secondary N) is 1. The van der Waals surface area contributed by atoms with Gasteiger partial charge in [-0.15, -0.1) is 0 Å². The van der Waals surface area contributed by atoms with Crippen LogP contribution in [0.2, 0.25) is 0 Å². The molecule has 0 bridgehead atoms. The largest absolute Gasteiger partial charge is 0.304 e. The van der Waals surface area contributed by atoms with Gasteiger partial charge in [0.15, 0.2) is 0 Å². The van der Waals surface area contributed by atoms with Crippen LogP contribution in [0.3, 0.4) is 0 Å². The molecule has 2 rings (SSSR count). The van der Waals surface area contributed by atoms with E-state index < -0.39 is 0 Å². The number of nitro groups is 1. The fraction of sp³-hybridized carbons (Fsp3) is 0.250. The van der Waals surface area contributed by atoms with E-state index in [0.29, 0.717) is 0 Å². The highest BCUT2D eigenvalue weighted by molar-refractivity contribution is 9.10. The SMILES string of the molecule is CC(NC(C)c1ccccc1Br)c1cccc([N+](=O)[O-])c1. The Morgan fingerprint density at radius 1 is 1.10 bits per heavy atom. The van der Waals surface area contributed by atoms with Crippen LogP contribution in [-0.2, 0) is 0 Å². The Morgan fingerprint density at radius 3 is 2.48 bits per heavy atom. The van der Waals surface area contributed by atoms with E-state index in [1.807, 2.05) is 31.2 Å². The van der Waals surface area contributed by atoms with E-state index in [1.54, 1.807) is 12.1 Å². The molecular weight excluding hydrogens is 332 g/mol. The molecule has 2 unspecified atom stereocenters. The molecule has 0 spiro atoms. The molecule has 0 saturated carbocycles. The molecule has 21 heavy (non-hydrogen) atoms. The minimum atomic E-state index is -0.368. The van der Waals surface area contributed by atoms with Crippen molar-refractivity contribution in [3.63, 3.8) is 0 Å². The number of nitro benzene ring substituents is 1. The predicted molar refractivity (Wildman–Crippen MR) is 87.2 cm³/mol. The maximum Gasteiger partial charge on any atom is 0.269 e. The lowest BCUT2D eigenvalue weighted by Gasteiger charge is -2.21. The summed E-state index contributed by atoms with van der Waals surface area (Å²) >= 11 is 3.54. The van der Waals surface area contributed by atoms with Crippen LogP contribution in [0.5, 0.6) is 0 Å². The van der Waals surface area contributed by atoms with Gasteiger partial charge in [0.05, 0.1) is 4.92 Å². The number of non-ortho nitro benzene ring substituents is 1. The molecule has 2 atom stereocenters. The summed E-state index contributed by atoms with van der Waals surface area (Å²) in [7, 11) is 0. The van der Waals surface area contributed by atoms with E-state index in [2.05, 4.69) is 34.2 Å². The zero-order chi connectivity index (χ0) is 15.4. The summed E-state index contributed by atoms with van der Waals surface area (Å²) in [5, 5.41) is 14.3. The zero-order valence-corrected chi connectivity index (χ0v) is 13.5. The first kappa shape index (κ1) is 15.7. The van der Waals surface area contributed by atoms with Gasteiger partial charge in [0.2, 0.25) is 0 Å². The standard InChI is InChI=1S/C16H17BrN2O2/c1-11(13-6-5-7-14(10-13)19(20)21)18-12(2)15-8-3-4-9-16(15)17/h3-12,18H,1-2H3. The van der Waals surface area contributed by atoms with Crippen LogP contribution in [0, 0.1) is 10.1 Å². The number of hydrogen-bond acceptors (Lipinski definition) is 3. The second kappa shape index (κ2) is 6.83. The highest BCUT2D eigenvalue weighted by atomic mass is 79.9. The molecule has 1 N–H and O–H groups in total. The Hall–Kier alpha value is -1.72. The van der Waals surface area contributed by atoms with E-state index in [0.717, 1.165) is 15.6 Å². The first-order valence-corrected chi connectivity index (χ1v) is 7.53. The fourth-order valence-electron chi connectivity index (χ4n) is 2.29. The topological polar surface area (TPSA) is 55.2 Å². The molecule has 0 amide bonds. The lowest BCUT2D eigenvalue weighted by molar-refractivity contribution is -0.384. The van der Waals surface area contributed by atoms with Gasteiger partial charge in [-0.25, -0.2) is 0 Å². The molecule has 0 aliphatic heterocycles. The van der Waals surface area contributed by atoms with Gasteiger partial charge >= 0.3 is 0 Å². The first-order valence-electron chi connectivity index (χ1n) is 6.74.